The lowest BCUT2D eigenvalue weighted by Gasteiger charge is -2.31. The first-order chi connectivity index (χ1) is 37.0. The van der Waals surface area contributed by atoms with Crippen LogP contribution in [0.15, 0.2) is 251 Å². The molecule has 2 aromatic heterocycles. The molecule has 0 fully saturated rings. The highest BCUT2D eigenvalue weighted by atomic mass is 16.3. The quantitative estimate of drug-likeness (QED) is 0.166. The SMILES string of the molecule is Cc1ccccc1N(c1ccc2cc3c(cc2c1)C1(c2ccccc2-c2ccccc21)c1cc2cc(N(c4ccccc4C)c4cccc5c4oc4ccccc45)ccc2cc1-3)c1cccc2c1oc1ccccc12. The standard InChI is InChI=1S/C71H46N2O2/c1-43-17-3-11-27-63(43)72(65-29-15-23-55-53-21-7-13-31-67(53)74-69(55)65)49-35-33-45-39-57-58-40-46-34-36-50(73(64-28-12-4-18-44(64)2)66-30-16-24-56-54-22-8-14-32-68(54)75-70(56)66)38-48(46)42-62(58)71(61(57)41-47(45)37-49)59-25-9-5-19-51(59)52-20-6-10-26-60(52)71/h3-42H,1-2H3. The number of furan rings is 2. The van der Waals surface area contributed by atoms with Crippen LogP contribution in [0.2, 0.25) is 0 Å². The Morgan fingerprint density at radius 3 is 1.17 bits per heavy atom. The Labute approximate surface area is 433 Å². The van der Waals surface area contributed by atoms with E-state index in [0.29, 0.717) is 0 Å². The Bertz CT molecular complexity index is 4430. The molecule has 352 valence electrons. The van der Waals surface area contributed by atoms with Crippen LogP contribution < -0.4 is 9.80 Å². The van der Waals surface area contributed by atoms with E-state index in [1.807, 2.05) is 12.1 Å². The Balaban J connectivity index is 0.926. The van der Waals surface area contributed by atoms with Gasteiger partial charge in [0, 0.05) is 44.3 Å². The first-order valence-corrected chi connectivity index (χ1v) is 25.9. The van der Waals surface area contributed by atoms with Crippen LogP contribution >= 0.6 is 0 Å². The van der Waals surface area contributed by atoms with Crippen LogP contribution in [0, 0.1) is 13.8 Å². The number of aryl methyl sites for hydroxylation is 2. The van der Waals surface area contributed by atoms with Crippen molar-refractivity contribution in [3.8, 4) is 22.3 Å². The third-order valence-electron chi connectivity index (χ3n) is 16.4. The molecule has 75 heavy (non-hydrogen) atoms. The van der Waals surface area contributed by atoms with Crippen molar-refractivity contribution in [2.24, 2.45) is 0 Å². The molecule has 16 rings (SSSR count). The van der Waals surface area contributed by atoms with Crippen LogP contribution in [0.5, 0.6) is 0 Å². The number of benzene rings is 12. The number of anilines is 6. The average Bonchev–Trinajstić information content (AvgIpc) is 4.19. The fourth-order valence-corrected chi connectivity index (χ4v) is 13.1. The summed E-state index contributed by atoms with van der Waals surface area (Å²) >= 11 is 0. The summed E-state index contributed by atoms with van der Waals surface area (Å²) in [5.41, 5.74) is 22.0. The Hall–Kier alpha value is -9.64. The van der Waals surface area contributed by atoms with Gasteiger partial charge >= 0.3 is 0 Å². The fourth-order valence-electron chi connectivity index (χ4n) is 13.1. The molecule has 0 bridgehead atoms. The predicted molar refractivity (Wildman–Crippen MR) is 311 cm³/mol. The van der Waals surface area contributed by atoms with Crippen molar-refractivity contribution in [1.29, 1.82) is 0 Å². The number of rotatable bonds is 6. The Morgan fingerprint density at radius 1 is 0.293 bits per heavy atom. The molecule has 0 aliphatic heterocycles. The minimum atomic E-state index is -0.572. The van der Waals surface area contributed by atoms with Gasteiger partial charge in [-0.15, -0.1) is 0 Å². The first kappa shape index (κ1) is 41.9. The maximum absolute atomic E-state index is 6.74. The fraction of sp³-hybridized carbons (Fsp3) is 0.0423. The van der Waals surface area contributed by atoms with Gasteiger partial charge in [0.05, 0.1) is 16.8 Å². The summed E-state index contributed by atoms with van der Waals surface area (Å²) in [5, 5.41) is 9.17. The van der Waals surface area contributed by atoms with Gasteiger partial charge in [-0.2, -0.15) is 0 Å². The number of nitrogens with zero attached hydrogens (tertiary/aromatic N) is 2. The molecular weight excluding hydrogens is 913 g/mol. The molecule has 0 saturated heterocycles. The molecule has 1 spiro atoms. The van der Waals surface area contributed by atoms with E-state index >= 15 is 0 Å². The lowest BCUT2D eigenvalue weighted by atomic mass is 9.70. The molecular formula is C71H46N2O2. The lowest BCUT2D eigenvalue weighted by Crippen LogP contribution is -2.25. The summed E-state index contributed by atoms with van der Waals surface area (Å²) in [6.45, 7) is 4.39. The molecule has 0 amide bonds. The third kappa shape index (κ3) is 5.88. The van der Waals surface area contributed by atoms with Gasteiger partial charge in [-0.3, -0.25) is 0 Å². The normalized spacial score (nSPS) is 13.0. The molecule has 0 atom stereocenters. The summed E-state index contributed by atoms with van der Waals surface area (Å²) in [4.78, 5) is 4.77. The van der Waals surface area contributed by atoms with Gasteiger partial charge in [0.15, 0.2) is 11.2 Å². The zero-order valence-corrected chi connectivity index (χ0v) is 41.3. The smallest absolute Gasteiger partial charge is 0.159 e. The van der Waals surface area contributed by atoms with Crippen molar-refractivity contribution in [3.63, 3.8) is 0 Å². The summed E-state index contributed by atoms with van der Waals surface area (Å²) in [5.74, 6) is 0. The maximum Gasteiger partial charge on any atom is 0.159 e. The topological polar surface area (TPSA) is 32.8 Å². The first-order valence-electron chi connectivity index (χ1n) is 25.9. The van der Waals surface area contributed by atoms with Gasteiger partial charge in [0.2, 0.25) is 0 Å². The van der Waals surface area contributed by atoms with Gasteiger partial charge in [0.1, 0.15) is 11.2 Å². The molecule has 2 aliphatic carbocycles. The van der Waals surface area contributed by atoms with Crippen LogP contribution in [0.3, 0.4) is 0 Å². The van der Waals surface area contributed by atoms with Crippen molar-refractivity contribution >= 4 is 99.5 Å². The summed E-state index contributed by atoms with van der Waals surface area (Å²) in [7, 11) is 0. The zero-order chi connectivity index (χ0) is 49.5. The lowest BCUT2D eigenvalue weighted by molar-refractivity contribution is 0.668. The predicted octanol–water partition coefficient (Wildman–Crippen LogP) is 19.7. The van der Waals surface area contributed by atoms with Crippen LogP contribution in [-0.4, -0.2) is 0 Å². The second-order valence-electron chi connectivity index (χ2n) is 20.4. The van der Waals surface area contributed by atoms with E-state index in [2.05, 4.69) is 254 Å². The molecule has 2 heterocycles. The molecule has 0 radical (unpaired) electrons. The number of hydrogen-bond acceptors (Lipinski definition) is 4. The minimum Gasteiger partial charge on any atom is -0.454 e. The highest BCUT2D eigenvalue weighted by Crippen LogP contribution is 2.64. The van der Waals surface area contributed by atoms with Gasteiger partial charge in [-0.25, -0.2) is 0 Å². The van der Waals surface area contributed by atoms with E-state index in [0.717, 1.165) is 78.0 Å². The largest absolute Gasteiger partial charge is 0.454 e. The van der Waals surface area contributed by atoms with Crippen molar-refractivity contribution < 1.29 is 8.83 Å². The zero-order valence-electron chi connectivity index (χ0n) is 41.3. The molecule has 0 N–H and O–H groups in total. The molecule has 0 unspecified atom stereocenters. The number of para-hydroxylation sites is 6. The molecule has 2 aliphatic rings. The number of hydrogen-bond donors (Lipinski definition) is 0. The summed E-state index contributed by atoms with van der Waals surface area (Å²) in [6.07, 6.45) is 0. The highest BCUT2D eigenvalue weighted by molar-refractivity contribution is 6.13. The Morgan fingerprint density at radius 2 is 0.693 bits per heavy atom. The van der Waals surface area contributed by atoms with E-state index in [-0.39, 0.29) is 0 Å². The summed E-state index contributed by atoms with van der Waals surface area (Å²) in [6, 6.07) is 89.1. The molecule has 0 saturated carbocycles. The molecule has 4 heteroatoms. The average molecular weight is 959 g/mol. The van der Waals surface area contributed by atoms with Crippen molar-refractivity contribution in [2.75, 3.05) is 9.80 Å². The van der Waals surface area contributed by atoms with E-state index in [1.165, 1.54) is 77.2 Å². The van der Waals surface area contributed by atoms with E-state index in [1.54, 1.807) is 0 Å². The van der Waals surface area contributed by atoms with Crippen LogP contribution in [0.25, 0.3) is 87.7 Å². The van der Waals surface area contributed by atoms with Crippen molar-refractivity contribution in [1.82, 2.24) is 0 Å². The van der Waals surface area contributed by atoms with Crippen molar-refractivity contribution in [2.45, 2.75) is 19.3 Å². The Kier molecular flexibility index (Phi) is 8.77. The number of fused-ring (bicyclic) bond motifs is 18. The van der Waals surface area contributed by atoms with E-state index in [4.69, 9.17) is 8.83 Å². The molecule has 12 aromatic carbocycles. The van der Waals surface area contributed by atoms with Gasteiger partial charge in [0.25, 0.3) is 0 Å². The van der Waals surface area contributed by atoms with E-state index in [9.17, 15) is 0 Å². The van der Waals surface area contributed by atoms with Gasteiger partial charge < -0.3 is 18.6 Å². The monoisotopic (exact) mass is 958 g/mol. The summed E-state index contributed by atoms with van der Waals surface area (Å²) < 4.78 is 13.5. The van der Waals surface area contributed by atoms with Gasteiger partial charge in [-0.1, -0.05) is 158 Å². The minimum absolute atomic E-state index is 0.572. The van der Waals surface area contributed by atoms with Crippen molar-refractivity contribution in [3.05, 3.63) is 276 Å². The van der Waals surface area contributed by atoms with Crippen LogP contribution in [-0.2, 0) is 5.41 Å². The van der Waals surface area contributed by atoms with Gasteiger partial charge in [-0.05, 0) is 176 Å². The maximum atomic E-state index is 6.74. The van der Waals surface area contributed by atoms with Crippen LogP contribution in [0.4, 0.5) is 34.1 Å². The third-order valence-corrected chi connectivity index (χ3v) is 16.4. The van der Waals surface area contributed by atoms with E-state index < -0.39 is 5.41 Å². The van der Waals surface area contributed by atoms with Crippen LogP contribution in [0.1, 0.15) is 33.4 Å². The second-order valence-corrected chi connectivity index (χ2v) is 20.4. The highest BCUT2D eigenvalue weighted by Gasteiger charge is 2.52. The molecule has 14 aromatic rings. The second kappa shape index (κ2) is 15.7. The molecule has 4 nitrogen and oxygen atoms in total.